The molecule has 1 saturated carbocycles. The second-order valence-electron chi connectivity index (χ2n) is 7.49. The molecule has 2 aliphatic rings. The molecule has 4 heterocycles. The van der Waals surface area contributed by atoms with Gasteiger partial charge < -0.3 is 4.74 Å². The number of hydrogen-bond donors (Lipinski definition) is 0. The number of carbonyl (C=O) groups is 2. The number of aryl methyl sites for hydroxylation is 1. The number of likely N-dealkylation sites (N-methyl/N-ethyl adjacent to an activating group) is 1. The second kappa shape index (κ2) is 6.54. The molecule has 3 amide bonds. The molecule has 3 aromatic heterocycles. The van der Waals surface area contributed by atoms with E-state index in [1.54, 1.807) is 6.07 Å². The molecular formula is C20H20N6O3. The lowest BCUT2D eigenvalue weighted by atomic mass is 10.1. The summed E-state index contributed by atoms with van der Waals surface area (Å²) in [6, 6.07) is 5.48. The first-order valence-corrected chi connectivity index (χ1v) is 9.51. The lowest BCUT2D eigenvalue weighted by Crippen LogP contribution is -2.31. The Morgan fingerprint density at radius 3 is 2.69 bits per heavy atom. The van der Waals surface area contributed by atoms with Crippen LogP contribution in [0.1, 0.15) is 35.7 Å². The number of anilines is 1. The minimum absolute atomic E-state index is 0.0305. The van der Waals surface area contributed by atoms with Gasteiger partial charge in [0.15, 0.2) is 0 Å². The van der Waals surface area contributed by atoms with Crippen molar-refractivity contribution >= 4 is 23.4 Å². The maximum absolute atomic E-state index is 12.6. The van der Waals surface area contributed by atoms with Crippen molar-refractivity contribution in [1.29, 1.82) is 0 Å². The lowest BCUT2D eigenvalue weighted by Gasteiger charge is -2.17. The number of hydrogen-bond acceptors (Lipinski definition) is 6. The zero-order chi connectivity index (χ0) is 20.1. The molecule has 1 aliphatic carbocycles. The summed E-state index contributed by atoms with van der Waals surface area (Å²) in [4.78, 5) is 40.1. The van der Waals surface area contributed by atoms with E-state index in [2.05, 4.69) is 15.0 Å². The molecule has 1 aliphatic heterocycles. The molecule has 0 spiro atoms. The summed E-state index contributed by atoms with van der Waals surface area (Å²) in [5.74, 6) is 1.41. The van der Waals surface area contributed by atoms with Gasteiger partial charge in [0.1, 0.15) is 30.9 Å². The van der Waals surface area contributed by atoms with Crippen molar-refractivity contribution in [2.75, 3.05) is 18.5 Å². The zero-order valence-electron chi connectivity index (χ0n) is 16.2. The van der Waals surface area contributed by atoms with Crippen molar-refractivity contribution in [3.05, 3.63) is 47.7 Å². The first-order valence-electron chi connectivity index (χ1n) is 9.51. The van der Waals surface area contributed by atoms with Gasteiger partial charge in [0, 0.05) is 25.0 Å². The van der Waals surface area contributed by atoms with Gasteiger partial charge in [0.25, 0.3) is 5.91 Å². The van der Waals surface area contributed by atoms with Crippen LogP contribution in [0, 0.1) is 6.92 Å². The van der Waals surface area contributed by atoms with Crippen molar-refractivity contribution in [3.63, 3.8) is 0 Å². The quantitative estimate of drug-likeness (QED) is 0.619. The lowest BCUT2D eigenvalue weighted by molar-refractivity contribution is -0.123. The van der Waals surface area contributed by atoms with Gasteiger partial charge in [-0.2, -0.15) is 0 Å². The molecule has 5 rings (SSSR count). The van der Waals surface area contributed by atoms with Crippen LogP contribution in [-0.4, -0.2) is 49.8 Å². The molecule has 0 aromatic carbocycles. The van der Waals surface area contributed by atoms with Crippen molar-refractivity contribution < 1.29 is 14.3 Å². The average molecular weight is 392 g/mol. The van der Waals surface area contributed by atoms with E-state index in [0.29, 0.717) is 23.3 Å². The molecule has 0 unspecified atom stereocenters. The Balaban J connectivity index is 1.50. The summed E-state index contributed by atoms with van der Waals surface area (Å²) in [7, 11) is 1.50. The smallest absolute Gasteiger partial charge is 0.332 e. The Hall–Kier alpha value is -3.49. The van der Waals surface area contributed by atoms with Crippen molar-refractivity contribution in [1.82, 2.24) is 24.3 Å². The summed E-state index contributed by atoms with van der Waals surface area (Å²) >= 11 is 0. The Bertz CT molecular complexity index is 1140. The van der Waals surface area contributed by atoms with Crippen molar-refractivity contribution in [3.8, 4) is 5.88 Å². The Kier molecular flexibility index (Phi) is 3.97. The fourth-order valence-electron chi connectivity index (χ4n) is 3.50. The summed E-state index contributed by atoms with van der Waals surface area (Å²) < 4.78 is 7.59. The van der Waals surface area contributed by atoms with Gasteiger partial charge in [-0.1, -0.05) is 0 Å². The number of imide groups is 1. The molecule has 148 valence electrons. The average Bonchev–Trinajstić information content (AvgIpc) is 3.42. The SMILES string of the molecule is Cc1cc(OCc2cn3c(N4CC(=O)N(C)C4=O)cc(C4CC4)cc3n2)ncn1. The van der Waals surface area contributed by atoms with Gasteiger partial charge in [0.05, 0.1) is 5.69 Å². The number of nitrogens with zero attached hydrogens (tertiary/aromatic N) is 6. The number of amides is 3. The predicted molar refractivity (Wildman–Crippen MR) is 104 cm³/mol. The molecule has 0 N–H and O–H groups in total. The van der Waals surface area contributed by atoms with E-state index in [1.165, 1.54) is 18.3 Å². The van der Waals surface area contributed by atoms with Crippen LogP contribution < -0.4 is 9.64 Å². The van der Waals surface area contributed by atoms with E-state index in [4.69, 9.17) is 4.74 Å². The first-order chi connectivity index (χ1) is 14.0. The predicted octanol–water partition coefficient (Wildman–Crippen LogP) is 2.29. The number of fused-ring (bicyclic) bond motifs is 1. The summed E-state index contributed by atoms with van der Waals surface area (Å²) in [6.07, 6.45) is 5.56. The van der Waals surface area contributed by atoms with Crippen LogP contribution in [0.25, 0.3) is 5.65 Å². The van der Waals surface area contributed by atoms with Crippen LogP contribution >= 0.6 is 0 Å². The molecule has 0 atom stereocenters. The number of ether oxygens (including phenoxy) is 1. The van der Waals surface area contributed by atoms with Gasteiger partial charge in [-0.25, -0.2) is 19.7 Å². The third-order valence-electron chi connectivity index (χ3n) is 5.28. The fourth-order valence-corrected chi connectivity index (χ4v) is 3.50. The summed E-state index contributed by atoms with van der Waals surface area (Å²) in [5.41, 5.74) is 3.41. The number of rotatable bonds is 5. The first kappa shape index (κ1) is 17.6. The van der Waals surface area contributed by atoms with E-state index < -0.39 is 0 Å². The highest BCUT2D eigenvalue weighted by molar-refractivity contribution is 6.11. The molecule has 9 heteroatoms. The highest BCUT2D eigenvalue weighted by atomic mass is 16.5. The van der Waals surface area contributed by atoms with Gasteiger partial charge in [-0.3, -0.25) is 19.0 Å². The number of aromatic nitrogens is 4. The molecule has 2 fully saturated rings. The molecule has 3 aromatic rings. The summed E-state index contributed by atoms with van der Waals surface area (Å²) in [6.45, 7) is 2.14. The monoisotopic (exact) mass is 392 g/mol. The number of imidazole rings is 1. The van der Waals surface area contributed by atoms with Crippen LogP contribution in [0.15, 0.2) is 30.7 Å². The molecule has 9 nitrogen and oxygen atoms in total. The number of carbonyl (C=O) groups excluding carboxylic acids is 2. The minimum Gasteiger partial charge on any atom is -0.471 e. The summed E-state index contributed by atoms with van der Waals surface area (Å²) in [5, 5.41) is 0. The Morgan fingerprint density at radius 1 is 1.17 bits per heavy atom. The second-order valence-corrected chi connectivity index (χ2v) is 7.49. The number of pyridine rings is 1. The normalized spacial score (nSPS) is 16.9. The maximum Gasteiger partial charge on any atom is 0.332 e. The molecule has 1 saturated heterocycles. The van der Waals surface area contributed by atoms with E-state index >= 15 is 0 Å². The largest absolute Gasteiger partial charge is 0.471 e. The molecule has 0 bridgehead atoms. The maximum atomic E-state index is 12.6. The third-order valence-corrected chi connectivity index (χ3v) is 5.28. The molecule has 29 heavy (non-hydrogen) atoms. The highest BCUT2D eigenvalue weighted by Gasteiger charge is 2.36. The standard InChI is InChI=1S/C20H20N6O3/c1-12-5-17(22-11-21-12)29-10-15-8-25-16(23-15)6-14(13-3-4-13)7-18(25)26-9-19(27)24(2)20(26)28/h5-8,11,13H,3-4,9-10H2,1-2H3. The van der Waals surface area contributed by atoms with Gasteiger partial charge in [-0.15, -0.1) is 0 Å². The van der Waals surface area contributed by atoms with Crippen LogP contribution in [0.2, 0.25) is 0 Å². The van der Waals surface area contributed by atoms with Gasteiger partial charge >= 0.3 is 6.03 Å². The Morgan fingerprint density at radius 2 is 2.00 bits per heavy atom. The van der Waals surface area contributed by atoms with E-state index in [9.17, 15) is 9.59 Å². The van der Waals surface area contributed by atoms with E-state index in [0.717, 1.165) is 34.6 Å². The van der Waals surface area contributed by atoms with Crippen molar-refractivity contribution in [2.45, 2.75) is 32.3 Å². The van der Waals surface area contributed by atoms with Crippen LogP contribution in [-0.2, 0) is 11.4 Å². The molecular weight excluding hydrogens is 372 g/mol. The third kappa shape index (κ3) is 3.18. The fraction of sp³-hybridized carbons (Fsp3) is 0.350. The van der Waals surface area contributed by atoms with Gasteiger partial charge in [-0.05, 0) is 43.4 Å². The van der Waals surface area contributed by atoms with E-state index in [-0.39, 0.29) is 25.1 Å². The van der Waals surface area contributed by atoms with Crippen LogP contribution in [0.4, 0.5) is 10.6 Å². The van der Waals surface area contributed by atoms with E-state index in [1.807, 2.05) is 29.7 Å². The van der Waals surface area contributed by atoms with Crippen LogP contribution in [0.3, 0.4) is 0 Å². The minimum atomic E-state index is -0.327. The van der Waals surface area contributed by atoms with Gasteiger partial charge in [0.2, 0.25) is 5.88 Å². The Labute approximate surface area is 166 Å². The zero-order valence-corrected chi connectivity index (χ0v) is 16.2. The highest BCUT2D eigenvalue weighted by Crippen LogP contribution is 2.42. The molecule has 0 radical (unpaired) electrons. The topological polar surface area (TPSA) is 92.9 Å². The van der Waals surface area contributed by atoms with Crippen LogP contribution in [0.5, 0.6) is 5.88 Å². The number of urea groups is 1. The van der Waals surface area contributed by atoms with Crippen molar-refractivity contribution in [2.24, 2.45) is 0 Å².